The normalized spacial score (nSPS) is 13.0. The monoisotopic (exact) mass is 326 g/mol. The average Bonchev–Trinajstić information content (AvgIpc) is 3.00. The van der Waals surface area contributed by atoms with Crippen molar-refractivity contribution < 1.29 is 9.90 Å². The largest absolute Gasteiger partial charge is 0.387 e. The van der Waals surface area contributed by atoms with E-state index in [1.165, 1.54) is 11.3 Å². The molecule has 0 fully saturated rings. The van der Waals surface area contributed by atoms with Crippen LogP contribution in [0.2, 0.25) is 0 Å². The van der Waals surface area contributed by atoms with Crippen LogP contribution in [0.25, 0.3) is 0 Å². The maximum Gasteiger partial charge on any atom is 0.222 e. The van der Waals surface area contributed by atoms with Crippen LogP contribution in [0.1, 0.15) is 29.7 Å². The summed E-state index contributed by atoms with van der Waals surface area (Å²) in [6.45, 7) is 0.205. The molecular weight excluding hydrogens is 308 g/mol. The molecule has 1 aromatic heterocycles. The molecule has 2 unspecified atom stereocenters. The van der Waals surface area contributed by atoms with E-state index in [0.717, 1.165) is 11.1 Å². The van der Waals surface area contributed by atoms with Gasteiger partial charge in [-0.05, 0) is 28.0 Å². The van der Waals surface area contributed by atoms with Crippen LogP contribution in [-0.2, 0) is 4.79 Å². The number of amides is 1. The van der Waals surface area contributed by atoms with Crippen LogP contribution in [0.4, 0.5) is 0 Å². The number of nitrogens with one attached hydrogen (secondary N) is 1. The SMILES string of the molecule is Cl.NC(CC(=O)NCC(O)c1ccsc1)c1ccccc1. The number of hydrogen-bond donors (Lipinski definition) is 3. The van der Waals surface area contributed by atoms with Crippen molar-refractivity contribution in [2.75, 3.05) is 6.54 Å². The summed E-state index contributed by atoms with van der Waals surface area (Å²) in [6.07, 6.45) is -0.460. The first-order valence-corrected chi connectivity index (χ1v) is 7.38. The Labute approximate surface area is 134 Å². The molecule has 0 aliphatic carbocycles. The highest BCUT2D eigenvalue weighted by Crippen LogP contribution is 2.16. The van der Waals surface area contributed by atoms with Gasteiger partial charge in [0.25, 0.3) is 0 Å². The number of benzene rings is 1. The summed E-state index contributed by atoms with van der Waals surface area (Å²) in [7, 11) is 0. The number of thiophene rings is 1. The molecule has 2 atom stereocenters. The third-order valence-corrected chi connectivity index (χ3v) is 3.76. The van der Waals surface area contributed by atoms with Crippen molar-refractivity contribution in [2.45, 2.75) is 18.6 Å². The minimum Gasteiger partial charge on any atom is -0.387 e. The summed E-state index contributed by atoms with van der Waals surface area (Å²) >= 11 is 1.52. The van der Waals surface area contributed by atoms with Gasteiger partial charge in [-0.2, -0.15) is 11.3 Å². The van der Waals surface area contributed by atoms with Gasteiger partial charge in [-0.1, -0.05) is 30.3 Å². The predicted molar refractivity (Wildman–Crippen MR) is 87.5 cm³/mol. The van der Waals surface area contributed by atoms with E-state index in [-0.39, 0.29) is 37.3 Å². The molecule has 0 saturated heterocycles. The maximum absolute atomic E-state index is 11.8. The van der Waals surface area contributed by atoms with Crippen molar-refractivity contribution in [1.29, 1.82) is 0 Å². The first-order chi connectivity index (χ1) is 9.66. The van der Waals surface area contributed by atoms with E-state index in [2.05, 4.69) is 5.32 Å². The topological polar surface area (TPSA) is 75.4 Å². The molecule has 2 aromatic rings. The van der Waals surface area contributed by atoms with Crippen molar-refractivity contribution in [3.8, 4) is 0 Å². The van der Waals surface area contributed by atoms with Gasteiger partial charge in [0.1, 0.15) is 0 Å². The van der Waals surface area contributed by atoms with Crippen molar-refractivity contribution in [3.05, 3.63) is 58.3 Å². The third-order valence-electron chi connectivity index (χ3n) is 3.05. The summed E-state index contributed by atoms with van der Waals surface area (Å²) in [5.74, 6) is -0.157. The fourth-order valence-corrected chi connectivity index (χ4v) is 2.59. The number of carbonyl (C=O) groups is 1. The van der Waals surface area contributed by atoms with Crippen LogP contribution in [0, 0.1) is 0 Å². The Kier molecular flexibility index (Phi) is 7.39. The number of nitrogens with two attached hydrogens (primary N) is 1. The third kappa shape index (κ3) is 5.47. The van der Waals surface area contributed by atoms with Gasteiger partial charge >= 0.3 is 0 Å². The second-order valence-electron chi connectivity index (χ2n) is 4.60. The summed E-state index contributed by atoms with van der Waals surface area (Å²) in [5.41, 5.74) is 7.73. The minimum absolute atomic E-state index is 0. The molecule has 4 nitrogen and oxygen atoms in total. The molecule has 1 aromatic carbocycles. The molecule has 21 heavy (non-hydrogen) atoms. The Bertz CT molecular complexity index is 534. The van der Waals surface area contributed by atoms with Crippen LogP contribution in [-0.4, -0.2) is 17.6 Å². The van der Waals surface area contributed by atoms with Crippen molar-refractivity contribution >= 4 is 29.7 Å². The number of carbonyl (C=O) groups excluding carboxylic acids is 1. The lowest BCUT2D eigenvalue weighted by atomic mass is 10.0. The Morgan fingerprint density at radius 3 is 2.57 bits per heavy atom. The average molecular weight is 327 g/mol. The molecule has 4 N–H and O–H groups in total. The predicted octanol–water partition coefficient (Wildman–Crippen LogP) is 2.41. The summed E-state index contributed by atoms with van der Waals surface area (Å²) in [6, 6.07) is 11.0. The van der Waals surface area contributed by atoms with E-state index in [9.17, 15) is 9.90 Å². The van der Waals surface area contributed by atoms with Crippen LogP contribution >= 0.6 is 23.7 Å². The second kappa shape index (κ2) is 8.79. The van der Waals surface area contributed by atoms with Crippen LogP contribution in [0.15, 0.2) is 47.2 Å². The molecule has 114 valence electrons. The Morgan fingerprint density at radius 2 is 1.95 bits per heavy atom. The lowest BCUT2D eigenvalue weighted by Gasteiger charge is -2.14. The number of aliphatic hydroxyl groups is 1. The fourth-order valence-electron chi connectivity index (χ4n) is 1.88. The minimum atomic E-state index is -0.668. The first-order valence-electron chi connectivity index (χ1n) is 6.44. The van der Waals surface area contributed by atoms with Gasteiger partial charge in [0.05, 0.1) is 6.10 Å². The lowest BCUT2D eigenvalue weighted by molar-refractivity contribution is -0.121. The molecular formula is C15H19ClN2O2S. The smallest absolute Gasteiger partial charge is 0.222 e. The summed E-state index contributed by atoms with van der Waals surface area (Å²) < 4.78 is 0. The second-order valence-corrected chi connectivity index (χ2v) is 5.38. The summed E-state index contributed by atoms with van der Waals surface area (Å²) in [5, 5.41) is 16.3. The zero-order valence-electron chi connectivity index (χ0n) is 11.4. The number of hydrogen-bond acceptors (Lipinski definition) is 4. The van der Waals surface area contributed by atoms with Crippen molar-refractivity contribution in [1.82, 2.24) is 5.32 Å². The van der Waals surface area contributed by atoms with Gasteiger partial charge in [0, 0.05) is 19.0 Å². The van der Waals surface area contributed by atoms with E-state index in [4.69, 9.17) is 5.73 Å². The van der Waals surface area contributed by atoms with E-state index in [1.807, 2.05) is 47.2 Å². The van der Waals surface area contributed by atoms with Gasteiger partial charge < -0.3 is 16.2 Å². The highest BCUT2D eigenvalue weighted by Gasteiger charge is 2.13. The molecule has 0 radical (unpaired) electrons. The molecule has 6 heteroatoms. The lowest BCUT2D eigenvalue weighted by Crippen LogP contribution is -2.30. The zero-order valence-corrected chi connectivity index (χ0v) is 13.1. The van der Waals surface area contributed by atoms with E-state index in [0.29, 0.717) is 0 Å². The molecule has 2 rings (SSSR count). The van der Waals surface area contributed by atoms with Crippen LogP contribution < -0.4 is 11.1 Å². The van der Waals surface area contributed by atoms with Gasteiger partial charge in [-0.3, -0.25) is 4.79 Å². The summed E-state index contributed by atoms with van der Waals surface area (Å²) in [4.78, 5) is 11.8. The van der Waals surface area contributed by atoms with Crippen molar-refractivity contribution in [2.24, 2.45) is 5.73 Å². The first kappa shape index (κ1) is 17.7. The fraction of sp³-hybridized carbons (Fsp3) is 0.267. The van der Waals surface area contributed by atoms with E-state index in [1.54, 1.807) is 0 Å². The van der Waals surface area contributed by atoms with Gasteiger partial charge in [-0.15, -0.1) is 12.4 Å². The van der Waals surface area contributed by atoms with Gasteiger partial charge in [-0.25, -0.2) is 0 Å². The number of aliphatic hydroxyl groups excluding tert-OH is 1. The molecule has 0 aliphatic rings. The Balaban J connectivity index is 0.00000220. The van der Waals surface area contributed by atoms with Crippen LogP contribution in [0.5, 0.6) is 0 Å². The highest BCUT2D eigenvalue weighted by molar-refractivity contribution is 7.07. The Hall–Kier alpha value is -1.40. The quantitative estimate of drug-likeness (QED) is 0.763. The molecule has 1 amide bonds. The standard InChI is InChI=1S/C15H18N2O2S.ClH/c16-13(11-4-2-1-3-5-11)8-15(19)17-9-14(18)12-6-7-20-10-12;/h1-7,10,13-14,18H,8-9,16H2,(H,17,19);1H. The van der Waals surface area contributed by atoms with Gasteiger partial charge in [0.2, 0.25) is 5.91 Å². The number of rotatable bonds is 6. The van der Waals surface area contributed by atoms with Crippen molar-refractivity contribution in [3.63, 3.8) is 0 Å². The molecule has 0 aliphatic heterocycles. The zero-order chi connectivity index (χ0) is 14.4. The molecule has 0 saturated carbocycles. The Morgan fingerprint density at radius 1 is 1.24 bits per heavy atom. The van der Waals surface area contributed by atoms with Crippen LogP contribution in [0.3, 0.4) is 0 Å². The van der Waals surface area contributed by atoms with E-state index >= 15 is 0 Å². The van der Waals surface area contributed by atoms with Gasteiger partial charge in [0.15, 0.2) is 0 Å². The van der Waals surface area contributed by atoms with E-state index < -0.39 is 6.10 Å². The maximum atomic E-state index is 11.8. The highest BCUT2D eigenvalue weighted by atomic mass is 35.5. The molecule has 1 heterocycles. The molecule has 0 spiro atoms. The number of halogens is 1. The molecule has 0 bridgehead atoms.